The number of benzene rings is 1. The Labute approximate surface area is 104 Å². The van der Waals surface area contributed by atoms with E-state index in [-0.39, 0.29) is 0 Å². The van der Waals surface area contributed by atoms with Gasteiger partial charge >= 0.3 is 0 Å². The highest BCUT2D eigenvalue weighted by Crippen LogP contribution is 2.29. The van der Waals surface area contributed by atoms with Gasteiger partial charge in [0.15, 0.2) is 0 Å². The van der Waals surface area contributed by atoms with E-state index in [4.69, 9.17) is 4.43 Å². The summed E-state index contributed by atoms with van der Waals surface area (Å²) in [5.41, 5.74) is 2.43. The summed E-state index contributed by atoms with van der Waals surface area (Å²) >= 11 is 0. The minimum Gasteiger partial charge on any atom is -0.544 e. The lowest BCUT2D eigenvalue weighted by atomic mass is 10.0. The highest BCUT2D eigenvalue weighted by atomic mass is 28.4. The first-order chi connectivity index (χ1) is 7.96. The summed E-state index contributed by atoms with van der Waals surface area (Å²) in [6, 6.07) is 6.12. The summed E-state index contributed by atoms with van der Waals surface area (Å²) in [6.45, 7) is 6.57. The molecule has 92 valence electrons. The molecule has 0 saturated heterocycles. The average molecular weight is 248 g/mol. The maximum absolute atomic E-state index is 11.6. The molecule has 2 rings (SSSR count). The Balaban J connectivity index is 2.35. The zero-order chi connectivity index (χ0) is 12.5. The maximum atomic E-state index is 11.6. The van der Waals surface area contributed by atoms with Crippen LogP contribution in [0.25, 0.3) is 0 Å². The van der Waals surface area contributed by atoms with Gasteiger partial charge in [-0.1, -0.05) is 12.1 Å². The molecule has 0 spiro atoms. The van der Waals surface area contributed by atoms with E-state index >= 15 is 0 Å². The fraction of sp³-hybridized carbons (Fsp3) is 0.500. The largest absolute Gasteiger partial charge is 0.544 e. The molecule has 0 atom stereocenters. The second-order valence-electron chi connectivity index (χ2n) is 5.68. The Morgan fingerprint density at radius 1 is 1.18 bits per heavy atom. The van der Waals surface area contributed by atoms with E-state index < -0.39 is 8.32 Å². The SMILES string of the molecule is C[Si](C)(C)Oc1cccc2c1CCCC(=O)C2. The van der Waals surface area contributed by atoms with E-state index in [0.29, 0.717) is 18.6 Å². The minimum atomic E-state index is -1.58. The molecule has 1 aromatic carbocycles. The van der Waals surface area contributed by atoms with Crippen LogP contribution in [-0.4, -0.2) is 14.1 Å². The van der Waals surface area contributed by atoms with Crippen LogP contribution in [0.15, 0.2) is 18.2 Å². The van der Waals surface area contributed by atoms with Gasteiger partial charge in [0.25, 0.3) is 0 Å². The van der Waals surface area contributed by atoms with E-state index in [2.05, 4.69) is 25.7 Å². The van der Waals surface area contributed by atoms with Gasteiger partial charge in [0.05, 0.1) is 0 Å². The average Bonchev–Trinajstić information content (AvgIpc) is 2.37. The molecule has 1 aliphatic carbocycles. The Kier molecular flexibility index (Phi) is 3.38. The lowest BCUT2D eigenvalue weighted by Crippen LogP contribution is -2.29. The number of ketones is 1. The summed E-state index contributed by atoms with van der Waals surface area (Å²) in [5, 5.41) is 0. The predicted octanol–water partition coefficient (Wildman–Crippen LogP) is 3.35. The molecule has 0 aromatic heterocycles. The molecular formula is C14H20O2Si. The molecule has 0 bridgehead atoms. The van der Waals surface area contributed by atoms with Gasteiger partial charge in [-0.3, -0.25) is 4.79 Å². The van der Waals surface area contributed by atoms with Gasteiger partial charge in [0.2, 0.25) is 8.32 Å². The molecular weight excluding hydrogens is 228 g/mol. The van der Waals surface area contributed by atoms with Crippen molar-refractivity contribution in [3.05, 3.63) is 29.3 Å². The van der Waals surface area contributed by atoms with Gasteiger partial charge < -0.3 is 4.43 Å². The summed E-state index contributed by atoms with van der Waals surface area (Å²) < 4.78 is 6.12. The quantitative estimate of drug-likeness (QED) is 0.592. The summed E-state index contributed by atoms with van der Waals surface area (Å²) in [5.74, 6) is 1.37. The fourth-order valence-corrected chi connectivity index (χ4v) is 3.10. The molecule has 0 amide bonds. The van der Waals surface area contributed by atoms with Crippen LogP contribution < -0.4 is 4.43 Å². The number of carbonyl (C=O) groups excluding carboxylic acids is 1. The van der Waals surface area contributed by atoms with Gasteiger partial charge in [0, 0.05) is 12.8 Å². The highest BCUT2D eigenvalue weighted by molar-refractivity contribution is 6.70. The Morgan fingerprint density at radius 3 is 2.65 bits per heavy atom. The highest BCUT2D eigenvalue weighted by Gasteiger charge is 2.21. The van der Waals surface area contributed by atoms with Crippen LogP contribution in [0.5, 0.6) is 5.75 Å². The Morgan fingerprint density at radius 2 is 1.94 bits per heavy atom. The molecule has 0 saturated carbocycles. The van der Waals surface area contributed by atoms with Crippen LogP contribution in [-0.2, 0) is 17.6 Å². The summed E-state index contributed by atoms with van der Waals surface area (Å²) in [7, 11) is -1.58. The predicted molar refractivity (Wildman–Crippen MR) is 72.1 cm³/mol. The van der Waals surface area contributed by atoms with Crippen molar-refractivity contribution in [2.75, 3.05) is 0 Å². The molecule has 0 fully saturated rings. The van der Waals surface area contributed by atoms with Gasteiger partial charge in [0.1, 0.15) is 11.5 Å². The third kappa shape index (κ3) is 3.19. The molecule has 0 radical (unpaired) electrons. The number of carbonyl (C=O) groups is 1. The Bertz CT molecular complexity index is 432. The second-order valence-corrected chi connectivity index (χ2v) is 10.1. The van der Waals surface area contributed by atoms with Gasteiger partial charge in [-0.15, -0.1) is 0 Å². The van der Waals surface area contributed by atoms with E-state index in [1.54, 1.807) is 0 Å². The van der Waals surface area contributed by atoms with Crippen LogP contribution in [0.2, 0.25) is 19.6 Å². The number of Topliss-reactive ketones (excluding diaryl/α,β-unsaturated/α-hetero) is 1. The number of fused-ring (bicyclic) bond motifs is 1. The molecule has 0 N–H and O–H groups in total. The molecule has 1 aromatic rings. The zero-order valence-electron chi connectivity index (χ0n) is 10.9. The molecule has 2 nitrogen and oxygen atoms in total. The third-order valence-corrected chi connectivity index (χ3v) is 3.75. The number of rotatable bonds is 2. The van der Waals surface area contributed by atoms with Crippen LogP contribution in [0, 0.1) is 0 Å². The van der Waals surface area contributed by atoms with E-state index in [1.165, 1.54) is 11.1 Å². The summed E-state index contributed by atoms with van der Waals surface area (Å²) in [4.78, 5) is 11.6. The zero-order valence-corrected chi connectivity index (χ0v) is 11.9. The lowest BCUT2D eigenvalue weighted by Gasteiger charge is -2.22. The van der Waals surface area contributed by atoms with Gasteiger partial charge in [-0.2, -0.15) is 0 Å². The second kappa shape index (κ2) is 4.65. The topological polar surface area (TPSA) is 26.3 Å². The van der Waals surface area contributed by atoms with Crippen LogP contribution in [0.3, 0.4) is 0 Å². The maximum Gasteiger partial charge on any atom is 0.242 e. The van der Waals surface area contributed by atoms with Crippen LogP contribution in [0.4, 0.5) is 0 Å². The number of hydrogen-bond donors (Lipinski definition) is 0. The molecule has 0 unspecified atom stereocenters. The van der Waals surface area contributed by atoms with Crippen LogP contribution in [0.1, 0.15) is 24.0 Å². The third-order valence-electron chi connectivity index (χ3n) is 2.92. The van der Waals surface area contributed by atoms with Gasteiger partial charge in [-0.05, 0) is 49.7 Å². The van der Waals surface area contributed by atoms with Crippen molar-refractivity contribution in [3.8, 4) is 5.75 Å². The van der Waals surface area contributed by atoms with E-state index in [1.807, 2.05) is 12.1 Å². The monoisotopic (exact) mass is 248 g/mol. The molecule has 17 heavy (non-hydrogen) atoms. The van der Waals surface area contributed by atoms with Crippen molar-refractivity contribution in [1.82, 2.24) is 0 Å². The fourth-order valence-electron chi connectivity index (χ4n) is 2.25. The van der Waals surface area contributed by atoms with Gasteiger partial charge in [-0.25, -0.2) is 0 Å². The molecule has 1 aliphatic rings. The van der Waals surface area contributed by atoms with E-state index in [9.17, 15) is 4.79 Å². The molecule has 3 heteroatoms. The lowest BCUT2D eigenvalue weighted by molar-refractivity contribution is -0.118. The number of hydrogen-bond acceptors (Lipinski definition) is 2. The standard InChI is InChI=1S/C14H20O2Si/c1-17(2,3)16-14-9-4-6-11-10-12(15)7-5-8-13(11)14/h4,6,9H,5,7-8,10H2,1-3H3. The van der Waals surface area contributed by atoms with E-state index in [0.717, 1.165) is 18.6 Å². The van der Waals surface area contributed by atoms with Crippen molar-refractivity contribution in [1.29, 1.82) is 0 Å². The summed E-state index contributed by atoms with van der Waals surface area (Å²) in [6.07, 6.45) is 3.22. The van der Waals surface area contributed by atoms with Crippen molar-refractivity contribution < 1.29 is 9.22 Å². The van der Waals surface area contributed by atoms with Crippen molar-refractivity contribution in [3.63, 3.8) is 0 Å². The smallest absolute Gasteiger partial charge is 0.242 e. The molecule has 0 heterocycles. The first kappa shape index (κ1) is 12.4. The molecule has 0 aliphatic heterocycles. The van der Waals surface area contributed by atoms with Crippen molar-refractivity contribution >= 4 is 14.1 Å². The van der Waals surface area contributed by atoms with Crippen molar-refractivity contribution in [2.24, 2.45) is 0 Å². The first-order valence-corrected chi connectivity index (χ1v) is 9.68. The normalized spacial score (nSPS) is 16.3. The first-order valence-electron chi connectivity index (χ1n) is 6.27. The van der Waals surface area contributed by atoms with Crippen molar-refractivity contribution in [2.45, 2.75) is 45.3 Å². The minimum absolute atomic E-state index is 0.355. The van der Waals surface area contributed by atoms with Crippen LogP contribution >= 0.6 is 0 Å². The Hall–Kier alpha value is -1.09.